The van der Waals surface area contributed by atoms with Crippen LogP contribution in [-0.2, 0) is 4.74 Å². The molecule has 1 N–H and O–H groups in total. The van der Waals surface area contributed by atoms with E-state index in [4.69, 9.17) is 4.74 Å². The first-order valence-electron chi connectivity index (χ1n) is 7.94. The van der Waals surface area contributed by atoms with Crippen LogP contribution < -0.4 is 10.2 Å². The molecule has 5 nitrogen and oxygen atoms in total. The van der Waals surface area contributed by atoms with Gasteiger partial charge in [0.15, 0.2) is 0 Å². The highest BCUT2D eigenvalue weighted by Gasteiger charge is 2.18. The summed E-state index contributed by atoms with van der Waals surface area (Å²) in [6.45, 7) is 3.53. The van der Waals surface area contributed by atoms with Crippen LogP contribution in [0.3, 0.4) is 0 Å². The highest BCUT2D eigenvalue weighted by Crippen LogP contribution is 2.20. The molecule has 21 heavy (non-hydrogen) atoms. The number of piperidine rings is 1. The van der Waals surface area contributed by atoms with E-state index in [2.05, 4.69) is 15.2 Å². The highest BCUT2D eigenvalue weighted by molar-refractivity contribution is 5.93. The highest BCUT2D eigenvalue weighted by atomic mass is 16.5. The fraction of sp³-hybridized carbons (Fsp3) is 0.625. The summed E-state index contributed by atoms with van der Waals surface area (Å²) in [5.74, 6) is -0.107. The summed E-state index contributed by atoms with van der Waals surface area (Å²) in [7, 11) is 0. The number of nitrogens with zero attached hydrogens (tertiary/aromatic N) is 2. The number of anilines is 1. The van der Waals surface area contributed by atoms with Gasteiger partial charge in [0.25, 0.3) is 5.91 Å². The summed E-state index contributed by atoms with van der Waals surface area (Å²) in [4.78, 5) is 18.7. The van der Waals surface area contributed by atoms with Crippen molar-refractivity contribution in [1.82, 2.24) is 10.3 Å². The standard InChI is InChI=1S/C16H23N3O2/c20-16(18-12-14-5-4-10-21-14)15-11-13(6-7-17-15)19-8-2-1-3-9-19/h6-7,11,14H,1-5,8-10,12H2,(H,18,20). The number of carbonyl (C=O) groups excluding carboxylic acids is 1. The third-order valence-corrected chi connectivity index (χ3v) is 4.21. The number of pyridine rings is 1. The molecule has 2 aliphatic heterocycles. The maximum Gasteiger partial charge on any atom is 0.270 e. The third-order valence-electron chi connectivity index (χ3n) is 4.21. The number of rotatable bonds is 4. The molecule has 1 unspecified atom stereocenters. The van der Waals surface area contributed by atoms with Crippen LogP contribution in [0.5, 0.6) is 0 Å². The van der Waals surface area contributed by atoms with Crippen molar-refractivity contribution >= 4 is 11.6 Å². The SMILES string of the molecule is O=C(NCC1CCCO1)c1cc(N2CCCCC2)ccn1. The number of hydrogen-bond acceptors (Lipinski definition) is 4. The number of hydrogen-bond donors (Lipinski definition) is 1. The lowest BCUT2D eigenvalue weighted by molar-refractivity contribution is 0.0853. The molecule has 0 saturated carbocycles. The maximum absolute atomic E-state index is 12.2. The zero-order chi connectivity index (χ0) is 14.5. The lowest BCUT2D eigenvalue weighted by atomic mass is 10.1. The van der Waals surface area contributed by atoms with E-state index < -0.39 is 0 Å². The smallest absolute Gasteiger partial charge is 0.270 e. The van der Waals surface area contributed by atoms with E-state index in [0.717, 1.165) is 38.2 Å². The largest absolute Gasteiger partial charge is 0.376 e. The van der Waals surface area contributed by atoms with Gasteiger partial charge in [-0.2, -0.15) is 0 Å². The molecule has 3 heterocycles. The second kappa shape index (κ2) is 6.89. The normalized spacial score (nSPS) is 22.3. The number of carbonyl (C=O) groups is 1. The van der Waals surface area contributed by atoms with Crippen molar-refractivity contribution in [3.63, 3.8) is 0 Å². The van der Waals surface area contributed by atoms with E-state index >= 15 is 0 Å². The summed E-state index contributed by atoms with van der Waals surface area (Å²) in [5, 5.41) is 2.93. The van der Waals surface area contributed by atoms with E-state index in [9.17, 15) is 4.79 Å². The summed E-state index contributed by atoms with van der Waals surface area (Å²) in [6.07, 6.45) is 7.76. The predicted molar refractivity (Wildman–Crippen MR) is 81.6 cm³/mol. The molecule has 2 saturated heterocycles. The summed E-state index contributed by atoms with van der Waals surface area (Å²) in [5.41, 5.74) is 1.60. The fourth-order valence-electron chi connectivity index (χ4n) is 2.99. The van der Waals surface area contributed by atoms with E-state index in [0.29, 0.717) is 12.2 Å². The molecule has 1 aromatic heterocycles. The molecule has 1 amide bonds. The van der Waals surface area contributed by atoms with Gasteiger partial charge in [-0.05, 0) is 44.2 Å². The zero-order valence-corrected chi connectivity index (χ0v) is 12.4. The Morgan fingerprint density at radius 2 is 2.19 bits per heavy atom. The molecule has 2 fully saturated rings. The minimum Gasteiger partial charge on any atom is -0.376 e. The average Bonchev–Trinajstić information content (AvgIpc) is 3.07. The average molecular weight is 289 g/mol. The van der Waals surface area contributed by atoms with Crippen molar-refractivity contribution in [1.29, 1.82) is 0 Å². The lowest BCUT2D eigenvalue weighted by Gasteiger charge is -2.28. The van der Waals surface area contributed by atoms with Crippen molar-refractivity contribution in [3.05, 3.63) is 24.0 Å². The first-order chi connectivity index (χ1) is 10.3. The van der Waals surface area contributed by atoms with Crippen LogP contribution in [-0.4, -0.2) is 43.2 Å². The van der Waals surface area contributed by atoms with E-state index in [1.54, 1.807) is 6.20 Å². The minimum absolute atomic E-state index is 0.107. The summed E-state index contributed by atoms with van der Waals surface area (Å²) < 4.78 is 5.51. The molecular weight excluding hydrogens is 266 g/mol. The number of aromatic nitrogens is 1. The summed E-state index contributed by atoms with van der Waals surface area (Å²) >= 11 is 0. The fourth-order valence-corrected chi connectivity index (χ4v) is 2.99. The quantitative estimate of drug-likeness (QED) is 0.921. The molecule has 0 aliphatic carbocycles. The van der Waals surface area contributed by atoms with Gasteiger partial charge in [-0.3, -0.25) is 9.78 Å². The van der Waals surface area contributed by atoms with Crippen LogP contribution in [0.25, 0.3) is 0 Å². The molecule has 0 aromatic carbocycles. The molecule has 0 bridgehead atoms. The maximum atomic E-state index is 12.2. The van der Waals surface area contributed by atoms with Crippen LogP contribution in [0.15, 0.2) is 18.3 Å². The van der Waals surface area contributed by atoms with Gasteiger partial charge in [-0.15, -0.1) is 0 Å². The van der Waals surface area contributed by atoms with Crippen molar-refractivity contribution in [2.45, 2.75) is 38.2 Å². The Morgan fingerprint density at radius 3 is 2.95 bits per heavy atom. The Bertz CT molecular complexity index is 480. The van der Waals surface area contributed by atoms with Gasteiger partial charge in [0.2, 0.25) is 0 Å². The Labute approximate surface area is 125 Å². The predicted octanol–water partition coefficient (Wildman–Crippen LogP) is 1.98. The Morgan fingerprint density at radius 1 is 1.33 bits per heavy atom. The van der Waals surface area contributed by atoms with Crippen LogP contribution in [0.4, 0.5) is 5.69 Å². The Balaban J connectivity index is 1.60. The topological polar surface area (TPSA) is 54.5 Å². The van der Waals surface area contributed by atoms with Gasteiger partial charge >= 0.3 is 0 Å². The van der Waals surface area contributed by atoms with E-state index in [1.165, 1.54) is 19.3 Å². The van der Waals surface area contributed by atoms with Gasteiger partial charge in [-0.1, -0.05) is 0 Å². The van der Waals surface area contributed by atoms with Gasteiger partial charge < -0.3 is 15.0 Å². The van der Waals surface area contributed by atoms with Gasteiger partial charge in [0.05, 0.1) is 6.10 Å². The van der Waals surface area contributed by atoms with Gasteiger partial charge in [0.1, 0.15) is 5.69 Å². The molecule has 0 spiro atoms. The molecule has 0 radical (unpaired) electrons. The molecule has 1 atom stereocenters. The Kier molecular flexibility index (Phi) is 4.70. The number of ether oxygens (including phenoxy) is 1. The van der Waals surface area contributed by atoms with Crippen molar-refractivity contribution < 1.29 is 9.53 Å². The second-order valence-electron chi connectivity index (χ2n) is 5.79. The van der Waals surface area contributed by atoms with Crippen molar-refractivity contribution in [2.24, 2.45) is 0 Å². The second-order valence-corrected chi connectivity index (χ2v) is 5.79. The van der Waals surface area contributed by atoms with Crippen LogP contribution >= 0.6 is 0 Å². The monoisotopic (exact) mass is 289 g/mol. The van der Waals surface area contributed by atoms with Crippen LogP contribution in [0, 0.1) is 0 Å². The van der Waals surface area contributed by atoms with Gasteiger partial charge in [-0.25, -0.2) is 0 Å². The van der Waals surface area contributed by atoms with E-state index in [1.807, 2.05) is 12.1 Å². The number of nitrogens with one attached hydrogen (secondary N) is 1. The van der Waals surface area contributed by atoms with Gasteiger partial charge in [0, 0.05) is 38.1 Å². The molecule has 1 aromatic rings. The van der Waals surface area contributed by atoms with Crippen LogP contribution in [0.2, 0.25) is 0 Å². The molecule has 114 valence electrons. The lowest BCUT2D eigenvalue weighted by Crippen LogP contribution is -2.33. The zero-order valence-electron chi connectivity index (χ0n) is 12.4. The third kappa shape index (κ3) is 3.73. The first kappa shape index (κ1) is 14.3. The van der Waals surface area contributed by atoms with Crippen molar-refractivity contribution in [3.8, 4) is 0 Å². The van der Waals surface area contributed by atoms with Crippen molar-refractivity contribution in [2.75, 3.05) is 31.1 Å². The molecule has 5 heteroatoms. The first-order valence-corrected chi connectivity index (χ1v) is 7.94. The minimum atomic E-state index is -0.107. The van der Waals surface area contributed by atoms with E-state index in [-0.39, 0.29) is 12.0 Å². The summed E-state index contributed by atoms with van der Waals surface area (Å²) in [6, 6.07) is 3.89. The molecular formula is C16H23N3O2. The molecule has 3 rings (SSSR count). The number of amides is 1. The molecule has 2 aliphatic rings. The Hall–Kier alpha value is -1.62. The van der Waals surface area contributed by atoms with Crippen LogP contribution in [0.1, 0.15) is 42.6 Å².